The van der Waals surface area contributed by atoms with E-state index in [0.717, 1.165) is 0 Å². The van der Waals surface area contributed by atoms with E-state index in [4.69, 9.17) is 9.47 Å². The number of nitrogens with one attached hydrogen (secondary N) is 1. The SMILES string of the molecule is CC(O[C@H]1OCCN[C@H]1c1ccc(F)cc1)c1cc(C(F)(F)F)cc(C(F)(F)F)c1.Cl. The van der Waals surface area contributed by atoms with Gasteiger partial charge in [-0.25, -0.2) is 4.39 Å². The molecular weight excluding hydrogens is 455 g/mol. The molecule has 3 nitrogen and oxygen atoms in total. The topological polar surface area (TPSA) is 30.5 Å². The maximum absolute atomic E-state index is 13.2. The van der Waals surface area contributed by atoms with E-state index in [1.54, 1.807) is 0 Å². The largest absolute Gasteiger partial charge is 0.416 e. The average molecular weight is 474 g/mol. The lowest BCUT2D eigenvalue weighted by molar-refractivity contribution is -0.200. The van der Waals surface area contributed by atoms with E-state index in [0.29, 0.717) is 24.2 Å². The molecule has 1 aliphatic rings. The highest BCUT2D eigenvalue weighted by Crippen LogP contribution is 2.38. The predicted octanol–water partition coefficient (Wildman–Crippen LogP) is 6.05. The van der Waals surface area contributed by atoms with E-state index in [1.165, 1.54) is 31.2 Å². The van der Waals surface area contributed by atoms with Gasteiger partial charge < -0.3 is 14.8 Å². The Morgan fingerprint density at radius 1 is 0.968 bits per heavy atom. The number of alkyl halides is 6. The minimum absolute atomic E-state index is 0. The summed E-state index contributed by atoms with van der Waals surface area (Å²) < 4.78 is 103. The highest BCUT2D eigenvalue weighted by atomic mass is 35.5. The molecule has 1 N–H and O–H groups in total. The lowest BCUT2D eigenvalue weighted by Gasteiger charge is -2.34. The molecule has 3 rings (SSSR count). The van der Waals surface area contributed by atoms with Crippen LogP contribution < -0.4 is 5.32 Å². The van der Waals surface area contributed by atoms with Crippen LogP contribution in [0.4, 0.5) is 30.7 Å². The summed E-state index contributed by atoms with van der Waals surface area (Å²) in [5.41, 5.74) is -2.52. The number of ether oxygens (including phenoxy) is 2. The Bertz CT molecular complexity index is 839. The van der Waals surface area contributed by atoms with Crippen molar-refractivity contribution >= 4 is 12.4 Å². The monoisotopic (exact) mass is 473 g/mol. The van der Waals surface area contributed by atoms with Gasteiger partial charge in [-0.05, 0) is 48.4 Å². The Morgan fingerprint density at radius 3 is 2.03 bits per heavy atom. The first-order chi connectivity index (χ1) is 13.9. The van der Waals surface area contributed by atoms with Crippen molar-refractivity contribution in [3.8, 4) is 0 Å². The maximum atomic E-state index is 13.2. The van der Waals surface area contributed by atoms with Crippen LogP contribution in [-0.4, -0.2) is 19.4 Å². The molecule has 3 atom stereocenters. The van der Waals surface area contributed by atoms with E-state index in [1.807, 2.05) is 0 Å². The van der Waals surface area contributed by atoms with Gasteiger partial charge in [-0.1, -0.05) is 12.1 Å². The Labute approximate surface area is 179 Å². The summed E-state index contributed by atoms with van der Waals surface area (Å²) in [6, 6.07) is 6.20. The van der Waals surface area contributed by atoms with Gasteiger partial charge in [-0.3, -0.25) is 0 Å². The number of benzene rings is 2. The molecule has 2 aromatic carbocycles. The normalized spacial score (nSPS) is 20.8. The first-order valence-electron chi connectivity index (χ1n) is 9.00. The fourth-order valence-corrected chi connectivity index (χ4v) is 3.14. The van der Waals surface area contributed by atoms with Crippen molar-refractivity contribution in [1.29, 1.82) is 0 Å². The number of morpholine rings is 1. The molecule has 1 unspecified atom stereocenters. The van der Waals surface area contributed by atoms with Gasteiger partial charge in [0.2, 0.25) is 0 Å². The second kappa shape index (κ2) is 9.72. The van der Waals surface area contributed by atoms with E-state index >= 15 is 0 Å². The van der Waals surface area contributed by atoms with Crippen molar-refractivity contribution in [1.82, 2.24) is 5.32 Å². The summed E-state index contributed by atoms with van der Waals surface area (Å²) in [6.07, 6.45) is -12.0. The Morgan fingerprint density at radius 2 is 1.52 bits per heavy atom. The third kappa shape index (κ3) is 6.31. The summed E-state index contributed by atoms with van der Waals surface area (Å²) in [4.78, 5) is 0. The van der Waals surface area contributed by atoms with Gasteiger partial charge in [0.25, 0.3) is 0 Å². The van der Waals surface area contributed by atoms with Crippen LogP contribution in [0.5, 0.6) is 0 Å². The van der Waals surface area contributed by atoms with Crippen LogP contribution in [-0.2, 0) is 21.8 Å². The van der Waals surface area contributed by atoms with Crippen LogP contribution in [0.2, 0.25) is 0 Å². The van der Waals surface area contributed by atoms with Crippen molar-refractivity contribution in [3.05, 3.63) is 70.5 Å². The molecule has 2 aromatic rings. The summed E-state index contributed by atoms with van der Waals surface area (Å²) in [5.74, 6) is -0.454. The standard InChI is InChI=1S/C20H18F7NO2.ClH/c1-11(13-8-14(19(22,23)24)10-15(9-13)20(25,26)27)30-18-17(28-6-7-29-18)12-2-4-16(21)5-3-12;/h2-5,8-11,17-18,28H,6-7H2,1H3;1H/t11?,17-,18+;/m0./s1. The summed E-state index contributed by atoms with van der Waals surface area (Å²) in [5, 5.41) is 3.10. The Balaban J connectivity index is 0.00000341. The molecule has 0 aromatic heterocycles. The smallest absolute Gasteiger partial charge is 0.349 e. The predicted molar refractivity (Wildman–Crippen MR) is 100 cm³/mol. The Kier molecular flexibility index (Phi) is 7.96. The second-order valence-corrected chi connectivity index (χ2v) is 6.84. The van der Waals surface area contributed by atoms with Crippen LogP contribution in [0.15, 0.2) is 42.5 Å². The molecule has 0 bridgehead atoms. The Hall–Kier alpha value is -1.88. The van der Waals surface area contributed by atoms with Gasteiger partial charge in [0.1, 0.15) is 5.82 Å². The maximum Gasteiger partial charge on any atom is 0.416 e. The molecule has 172 valence electrons. The third-order valence-corrected chi connectivity index (χ3v) is 4.67. The summed E-state index contributed by atoms with van der Waals surface area (Å²) in [6.45, 7) is 2.01. The van der Waals surface area contributed by atoms with Crippen molar-refractivity contribution in [2.24, 2.45) is 0 Å². The van der Waals surface area contributed by atoms with Crippen molar-refractivity contribution in [2.45, 2.75) is 37.7 Å². The molecule has 1 aliphatic heterocycles. The van der Waals surface area contributed by atoms with E-state index in [-0.39, 0.29) is 30.6 Å². The van der Waals surface area contributed by atoms with Gasteiger partial charge in [0, 0.05) is 6.54 Å². The summed E-state index contributed by atoms with van der Waals surface area (Å²) >= 11 is 0. The van der Waals surface area contributed by atoms with Crippen LogP contribution in [0.1, 0.15) is 41.3 Å². The molecule has 1 saturated heterocycles. The summed E-state index contributed by atoms with van der Waals surface area (Å²) in [7, 11) is 0. The minimum atomic E-state index is -4.95. The first-order valence-corrected chi connectivity index (χ1v) is 9.00. The molecule has 0 radical (unpaired) electrons. The lowest BCUT2D eigenvalue weighted by Crippen LogP contribution is -2.43. The highest BCUT2D eigenvalue weighted by molar-refractivity contribution is 5.85. The molecule has 0 aliphatic carbocycles. The van der Waals surface area contributed by atoms with E-state index in [9.17, 15) is 30.7 Å². The van der Waals surface area contributed by atoms with Crippen LogP contribution in [0.25, 0.3) is 0 Å². The van der Waals surface area contributed by atoms with Gasteiger partial charge in [-0.2, -0.15) is 26.3 Å². The van der Waals surface area contributed by atoms with Crippen molar-refractivity contribution in [3.63, 3.8) is 0 Å². The van der Waals surface area contributed by atoms with Gasteiger partial charge in [-0.15, -0.1) is 12.4 Å². The van der Waals surface area contributed by atoms with Gasteiger partial charge in [0.05, 0.1) is 29.9 Å². The third-order valence-electron chi connectivity index (χ3n) is 4.67. The zero-order valence-electron chi connectivity index (χ0n) is 16.1. The fraction of sp³-hybridized carbons (Fsp3) is 0.400. The van der Waals surface area contributed by atoms with E-state index < -0.39 is 47.7 Å². The molecule has 0 spiro atoms. The number of hydrogen-bond donors (Lipinski definition) is 1. The fourth-order valence-electron chi connectivity index (χ4n) is 3.14. The zero-order chi connectivity index (χ0) is 22.1. The molecule has 0 saturated carbocycles. The van der Waals surface area contributed by atoms with Crippen LogP contribution >= 0.6 is 12.4 Å². The lowest BCUT2D eigenvalue weighted by atomic mass is 10.0. The quantitative estimate of drug-likeness (QED) is 0.548. The molecule has 11 heteroatoms. The molecule has 0 amide bonds. The first kappa shape index (κ1) is 25.4. The molecule has 1 fully saturated rings. The highest BCUT2D eigenvalue weighted by Gasteiger charge is 2.38. The number of hydrogen-bond acceptors (Lipinski definition) is 3. The second-order valence-electron chi connectivity index (χ2n) is 6.84. The molecule has 1 heterocycles. The average Bonchev–Trinajstić information content (AvgIpc) is 2.67. The molecular formula is C20H19ClF7NO2. The zero-order valence-corrected chi connectivity index (χ0v) is 16.9. The van der Waals surface area contributed by atoms with Crippen LogP contribution in [0.3, 0.4) is 0 Å². The molecule has 31 heavy (non-hydrogen) atoms. The van der Waals surface area contributed by atoms with Crippen molar-refractivity contribution < 1.29 is 40.2 Å². The number of halogens is 8. The minimum Gasteiger partial charge on any atom is -0.349 e. The number of rotatable bonds is 4. The van der Waals surface area contributed by atoms with Gasteiger partial charge in [0.15, 0.2) is 6.29 Å². The van der Waals surface area contributed by atoms with Gasteiger partial charge >= 0.3 is 12.4 Å². The van der Waals surface area contributed by atoms with E-state index in [2.05, 4.69) is 5.32 Å². The van der Waals surface area contributed by atoms with Crippen molar-refractivity contribution in [2.75, 3.05) is 13.2 Å². The van der Waals surface area contributed by atoms with Crippen LogP contribution in [0, 0.1) is 5.82 Å².